The maximum absolute atomic E-state index is 12.4. The maximum atomic E-state index is 12.4. The average molecular weight is 277 g/mol. The van der Waals surface area contributed by atoms with Gasteiger partial charge in [0.1, 0.15) is 17.4 Å². The first-order chi connectivity index (χ1) is 9.50. The molecule has 1 aromatic rings. The van der Waals surface area contributed by atoms with Crippen molar-refractivity contribution in [3.8, 4) is 0 Å². The quantitative estimate of drug-likeness (QED) is 0.822. The summed E-state index contributed by atoms with van der Waals surface area (Å²) in [4.78, 5) is 39.8. The molecule has 0 radical (unpaired) electrons. The minimum atomic E-state index is -1.20. The van der Waals surface area contributed by atoms with Gasteiger partial charge in [0.15, 0.2) is 0 Å². The van der Waals surface area contributed by atoms with E-state index in [0.29, 0.717) is 13.0 Å². The minimum Gasteiger partial charge on any atom is -0.477 e. The highest BCUT2D eigenvalue weighted by atomic mass is 16.4. The Morgan fingerprint density at radius 1 is 1.25 bits per heavy atom. The van der Waals surface area contributed by atoms with Crippen LogP contribution in [0.1, 0.15) is 40.2 Å². The SMILES string of the molecule is NC(=O)C1CCCCN1C(=O)c1cccc(C(=O)O)n1. The van der Waals surface area contributed by atoms with Gasteiger partial charge in [0.2, 0.25) is 5.91 Å². The Kier molecular flexibility index (Phi) is 3.97. The van der Waals surface area contributed by atoms with Crippen molar-refractivity contribution in [1.82, 2.24) is 9.88 Å². The largest absolute Gasteiger partial charge is 0.477 e. The molecule has 0 bridgehead atoms. The van der Waals surface area contributed by atoms with Crippen molar-refractivity contribution in [2.24, 2.45) is 5.73 Å². The number of primary amides is 1. The van der Waals surface area contributed by atoms with E-state index >= 15 is 0 Å². The second-order valence-electron chi connectivity index (χ2n) is 4.63. The molecule has 1 aliphatic rings. The van der Waals surface area contributed by atoms with Crippen LogP contribution in [0.3, 0.4) is 0 Å². The van der Waals surface area contributed by atoms with Crippen molar-refractivity contribution in [3.05, 3.63) is 29.6 Å². The summed E-state index contributed by atoms with van der Waals surface area (Å²) in [7, 11) is 0. The molecular weight excluding hydrogens is 262 g/mol. The van der Waals surface area contributed by atoms with Gasteiger partial charge in [-0.1, -0.05) is 6.07 Å². The Morgan fingerprint density at radius 2 is 1.95 bits per heavy atom. The van der Waals surface area contributed by atoms with Crippen LogP contribution in [-0.4, -0.2) is 45.4 Å². The number of carbonyl (C=O) groups excluding carboxylic acids is 2. The van der Waals surface area contributed by atoms with Crippen LogP contribution in [0.2, 0.25) is 0 Å². The molecule has 1 saturated heterocycles. The van der Waals surface area contributed by atoms with Crippen LogP contribution in [0.25, 0.3) is 0 Å². The molecule has 1 unspecified atom stereocenters. The molecule has 0 spiro atoms. The molecule has 7 heteroatoms. The van der Waals surface area contributed by atoms with Crippen LogP contribution < -0.4 is 5.73 Å². The number of carbonyl (C=O) groups is 3. The van der Waals surface area contributed by atoms with Gasteiger partial charge in [-0.25, -0.2) is 9.78 Å². The summed E-state index contributed by atoms with van der Waals surface area (Å²) in [6, 6.07) is 3.54. The Labute approximate surface area is 115 Å². The molecule has 1 aromatic heterocycles. The van der Waals surface area contributed by atoms with Crippen LogP contribution >= 0.6 is 0 Å². The van der Waals surface area contributed by atoms with Crippen molar-refractivity contribution < 1.29 is 19.5 Å². The monoisotopic (exact) mass is 277 g/mol. The van der Waals surface area contributed by atoms with Crippen molar-refractivity contribution in [2.45, 2.75) is 25.3 Å². The zero-order valence-electron chi connectivity index (χ0n) is 10.8. The maximum Gasteiger partial charge on any atom is 0.354 e. The molecule has 2 heterocycles. The molecule has 2 rings (SSSR count). The minimum absolute atomic E-state index is 0.0121. The second-order valence-corrected chi connectivity index (χ2v) is 4.63. The number of aromatic nitrogens is 1. The molecule has 0 aromatic carbocycles. The molecular formula is C13H15N3O4. The summed E-state index contributed by atoms with van der Waals surface area (Å²) in [6.45, 7) is 0.422. The Balaban J connectivity index is 2.27. The number of rotatable bonds is 3. The number of pyridine rings is 1. The van der Waals surface area contributed by atoms with Crippen LogP contribution in [0.4, 0.5) is 0 Å². The lowest BCUT2D eigenvalue weighted by molar-refractivity contribution is -0.123. The molecule has 2 amide bonds. The van der Waals surface area contributed by atoms with Gasteiger partial charge in [-0.3, -0.25) is 9.59 Å². The molecule has 0 saturated carbocycles. The number of nitrogens with zero attached hydrogens (tertiary/aromatic N) is 2. The van der Waals surface area contributed by atoms with Crippen molar-refractivity contribution in [3.63, 3.8) is 0 Å². The molecule has 1 fully saturated rings. The fraction of sp³-hybridized carbons (Fsp3) is 0.385. The molecule has 0 aliphatic carbocycles. The number of piperidine rings is 1. The van der Waals surface area contributed by atoms with E-state index in [1.54, 1.807) is 0 Å². The lowest BCUT2D eigenvalue weighted by atomic mass is 10.0. The molecule has 1 aliphatic heterocycles. The van der Waals surface area contributed by atoms with Gasteiger partial charge in [-0.05, 0) is 31.4 Å². The summed E-state index contributed by atoms with van der Waals surface area (Å²) >= 11 is 0. The number of amides is 2. The van der Waals surface area contributed by atoms with Gasteiger partial charge in [0, 0.05) is 6.54 Å². The second kappa shape index (κ2) is 5.68. The normalized spacial score (nSPS) is 18.6. The Bertz CT molecular complexity index is 558. The average Bonchev–Trinajstić information content (AvgIpc) is 2.46. The van der Waals surface area contributed by atoms with Crippen LogP contribution in [0.5, 0.6) is 0 Å². The van der Waals surface area contributed by atoms with Gasteiger partial charge in [-0.15, -0.1) is 0 Å². The summed E-state index contributed by atoms with van der Waals surface area (Å²) in [6.07, 6.45) is 2.15. The highest BCUT2D eigenvalue weighted by molar-refractivity contribution is 5.97. The van der Waals surface area contributed by atoms with E-state index in [1.165, 1.54) is 23.1 Å². The number of carboxylic acid groups (broad SMARTS) is 1. The van der Waals surface area contributed by atoms with Gasteiger partial charge in [0.25, 0.3) is 5.91 Å². The van der Waals surface area contributed by atoms with Crippen LogP contribution in [0, 0.1) is 0 Å². The third-order valence-electron chi connectivity index (χ3n) is 3.28. The first-order valence-corrected chi connectivity index (χ1v) is 6.31. The predicted octanol–water partition coefficient (Wildman–Crippen LogP) is 0.260. The first-order valence-electron chi connectivity index (χ1n) is 6.31. The first kappa shape index (κ1) is 14.0. The predicted molar refractivity (Wildman–Crippen MR) is 69.1 cm³/mol. The summed E-state index contributed by atoms with van der Waals surface area (Å²) in [5, 5.41) is 8.88. The molecule has 106 valence electrons. The zero-order valence-corrected chi connectivity index (χ0v) is 10.8. The van der Waals surface area contributed by atoms with Gasteiger partial charge in [0.05, 0.1) is 0 Å². The number of hydrogen-bond donors (Lipinski definition) is 2. The number of aromatic carboxylic acids is 1. The van der Waals surface area contributed by atoms with Crippen molar-refractivity contribution in [2.75, 3.05) is 6.54 Å². The molecule has 3 N–H and O–H groups in total. The van der Waals surface area contributed by atoms with E-state index in [4.69, 9.17) is 10.8 Å². The van der Waals surface area contributed by atoms with E-state index in [-0.39, 0.29) is 11.4 Å². The van der Waals surface area contributed by atoms with E-state index in [1.807, 2.05) is 0 Å². The topological polar surface area (TPSA) is 114 Å². The van der Waals surface area contributed by atoms with E-state index in [0.717, 1.165) is 12.8 Å². The van der Waals surface area contributed by atoms with E-state index in [2.05, 4.69) is 4.98 Å². The summed E-state index contributed by atoms with van der Waals surface area (Å²) < 4.78 is 0. The Morgan fingerprint density at radius 3 is 2.60 bits per heavy atom. The van der Waals surface area contributed by atoms with Gasteiger partial charge < -0.3 is 15.7 Å². The molecule has 7 nitrogen and oxygen atoms in total. The van der Waals surface area contributed by atoms with Gasteiger partial charge in [-0.2, -0.15) is 0 Å². The smallest absolute Gasteiger partial charge is 0.354 e. The lowest BCUT2D eigenvalue weighted by Gasteiger charge is -2.33. The van der Waals surface area contributed by atoms with Crippen LogP contribution in [0.15, 0.2) is 18.2 Å². The molecule has 1 atom stereocenters. The highest BCUT2D eigenvalue weighted by Gasteiger charge is 2.31. The third kappa shape index (κ3) is 2.76. The third-order valence-corrected chi connectivity index (χ3v) is 3.28. The fourth-order valence-corrected chi connectivity index (χ4v) is 2.29. The van der Waals surface area contributed by atoms with E-state index in [9.17, 15) is 14.4 Å². The van der Waals surface area contributed by atoms with E-state index < -0.39 is 23.8 Å². The Hall–Kier alpha value is -2.44. The van der Waals surface area contributed by atoms with Crippen LogP contribution in [-0.2, 0) is 4.79 Å². The van der Waals surface area contributed by atoms with Gasteiger partial charge >= 0.3 is 5.97 Å². The van der Waals surface area contributed by atoms with Crippen molar-refractivity contribution >= 4 is 17.8 Å². The number of hydrogen-bond acceptors (Lipinski definition) is 4. The van der Waals surface area contributed by atoms with Crippen molar-refractivity contribution in [1.29, 1.82) is 0 Å². The zero-order chi connectivity index (χ0) is 14.7. The number of carboxylic acids is 1. The summed E-state index contributed by atoms with van der Waals surface area (Å²) in [5.41, 5.74) is 5.11. The molecule has 20 heavy (non-hydrogen) atoms. The summed E-state index contributed by atoms with van der Waals surface area (Å²) in [5.74, 6) is -2.21. The number of likely N-dealkylation sites (tertiary alicyclic amines) is 1. The lowest BCUT2D eigenvalue weighted by Crippen LogP contribution is -2.50. The fourth-order valence-electron chi connectivity index (χ4n) is 2.29. The standard InChI is InChI=1S/C13H15N3O4/c14-11(17)10-6-1-2-7-16(10)12(18)8-4-3-5-9(15-8)13(19)20/h3-5,10H,1-2,6-7H2,(H2,14,17)(H,19,20). The number of nitrogens with two attached hydrogens (primary N) is 1. The highest BCUT2D eigenvalue weighted by Crippen LogP contribution is 2.19.